The van der Waals surface area contributed by atoms with Crippen molar-refractivity contribution in [3.63, 3.8) is 0 Å². The molecular weight excluding hydrogens is 240 g/mol. The second kappa shape index (κ2) is 4.17. The van der Waals surface area contributed by atoms with Gasteiger partial charge in [-0.15, -0.1) is 5.10 Å². The zero-order chi connectivity index (χ0) is 12.5. The van der Waals surface area contributed by atoms with Gasteiger partial charge in [0, 0.05) is 0 Å². The first-order chi connectivity index (χ1) is 7.97. The Morgan fingerprint density at radius 3 is 2.35 bits per heavy atom. The molecule has 0 saturated heterocycles. The fourth-order valence-corrected chi connectivity index (χ4v) is 2.23. The van der Waals surface area contributed by atoms with Crippen LogP contribution >= 0.6 is 0 Å². The number of aromatic amines is 1. The van der Waals surface area contributed by atoms with E-state index in [-0.39, 0.29) is 10.8 Å². The van der Waals surface area contributed by atoms with Crippen LogP contribution in [0.2, 0.25) is 0 Å². The van der Waals surface area contributed by atoms with E-state index in [1.807, 2.05) is 6.92 Å². The van der Waals surface area contributed by atoms with Crippen LogP contribution < -0.4 is 4.72 Å². The number of H-pyrrole nitrogens is 1. The number of sulfonamides is 1. The smallest absolute Gasteiger partial charge is 0.261 e. The molecule has 0 aliphatic heterocycles. The summed E-state index contributed by atoms with van der Waals surface area (Å²) in [6.45, 7) is 3.58. The molecule has 0 fully saturated rings. The van der Waals surface area contributed by atoms with Gasteiger partial charge in [0.15, 0.2) is 0 Å². The first-order valence-corrected chi connectivity index (χ1v) is 6.44. The molecule has 0 bridgehead atoms. The maximum atomic E-state index is 11.9. The Morgan fingerprint density at radius 2 is 1.82 bits per heavy atom. The van der Waals surface area contributed by atoms with Gasteiger partial charge in [-0.25, -0.2) is 13.1 Å². The Morgan fingerprint density at radius 1 is 1.18 bits per heavy atom. The molecular formula is C10H12N4O2S. The molecule has 0 spiro atoms. The van der Waals surface area contributed by atoms with Gasteiger partial charge < -0.3 is 0 Å². The van der Waals surface area contributed by atoms with Crippen molar-refractivity contribution >= 4 is 16.0 Å². The van der Waals surface area contributed by atoms with E-state index >= 15 is 0 Å². The van der Waals surface area contributed by atoms with E-state index in [2.05, 4.69) is 19.9 Å². The Bertz CT molecular complexity index is 616. The van der Waals surface area contributed by atoms with Crippen LogP contribution in [0.5, 0.6) is 0 Å². The number of nitrogens with one attached hydrogen (secondary N) is 2. The fourth-order valence-electron chi connectivity index (χ4n) is 1.28. The van der Waals surface area contributed by atoms with E-state index < -0.39 is 10.0 Å². The van der Waals surface area contributed by atoms with Gasteiger partial charge >= 0.3 is 0 Å². The lowest BCUT2D eigenvalue weighted by Crippen LogP contribution is -2.13. The molecule has 0 saturated carbocycles. The number of rotatable bonds is 3. The van der Waals surface area contributed by atoms with Gasteiger partial charge in [-0.2, -0.15) is 4.98 Å². The Labute approximate surface area is 99.1 Å². The summed E-state index contributed by atoms with van der Waals surface area (Å²) in [5.41, 5.74) is 0.998. The maximum Gasteiger partial charge on any atom is 0.264 e. The summed E-state index contributed by atoms with van der Waals surface area (Å²) < 4.78 is 26.1. The molecule has 0 unspecified atom stereocenters. The monoisotopic (exact) mass is 252 g/mol. The molecule has 90 valence electrons. The average molecular weight is 252 g/mol. The van der Waals surface area contributed by atoms with Crippen LogP contribution in [0.1, 0.15) is 11.4 Å². The highest BCUT2D eigenvalue weighted by Crippen LogP contribution is 2.13. The molecule has 0 atom stereocenters. The van der Waals surface area contributed by atoms with E-state index in [9.17, 15) is 8.42 Å². The van der Waals surface area contributed by atoms with Gasteiger partial charge in [-0.05, 0) is 26.0 Å². The standard InChI is InChI=1S/C10H12N4O2S/c1-7-3-5-9(6-4-7)17(15,16)14-10-11-8(2)12-13-10/h3-6H,1-2H3,(H2,11,12,13,14). The van der Waals surface area contributed by atoms with Gasteiger partial charge in [0.1, 0.15) is 5.82 Å². The largest absolute Gasteiger partial charge is 0.264 e. The van der Waals surface area contributed by atoms with E-state index in [4.69, 9.17) is 0 Å². The molecule has 6 nitrogen and oxygen atoms in total. The predicted octanol–water partition coefficient (Wildman–Crippen LogP) is 1.22. The van der Waals surface area contributed by atoms with E-state index in [0.29, 0.717) is 5.82 Å². The highest BCUT2D eigenvalue weighted by atomic mass is 32.2. The number of aryl methyl sites for hydroxylation is 2. The van der Waals surface area contributed by atoms with Crippen LogP contribution in [0.3, 0.4) is 0 Å². The fraction of sp³-hybridized carbons (Fsp3) is 0.200. The minimum Gasteiger partial charge on any atom is -0.261 e. The van der Waals surface area contributed by atoms with Gasteiger partial charge in [0.05, 0.1) is 4.90 Å². The maximum absolute atomic E-state index is 11.9. The summed E-state index contributed by atoms with van der Waals surface area (Å²) in [7, 11) is -3.61. The van der Waals surface area contributed by atoms with E-state index in [0.717, 1.165) is 5.56 Å². The van der Waals surface area contributed by atoms with Crippen molar-refractivity contribution in [2.24, 2.45) is 0 Å². The van der Waals surface area contributed by atoms with Crippen LogP contribution in [-0.2, 0) is 10.0 Å². The van der Waals surface area contributed by atoms with Gasteiger partial charge in [0.25, 0.3) is 16.0 Å². The van der Waals surface area contributed by atoms with Gasteiger partial charge in [-0.1, -0.05) is 17.7 Å². The third kappa shape index (κ3) is 2.62. The topological polar surface area (TPSA) is 87.7 Å². The summed E-state index contributed by atoms with van der Waals surface area (Å²) in [5, 5.41) is 6.28. The minimum atomic E-state index is -3.61. The van der Waals surface area contributed by atoms with E-state index in [1.165, 1.54) is 12.1 Å². The second-order valence-electron chi connectivity index (χ2n) is 3.66. The van der Waals surface area contributed by atoms with Crippen molar-refractivity contribution in [3.05, 3.63) is 35.7 Å². The Kier molecular flexibility index (Phi) is 2.84. The van der Waals surface area contributed by atoms with Crippen LogP contribution in [0, 0.1) is 13.8 Å². The van der Waals surface area contributed by atoms with Crippen LogP contribution in [-0.4, -0.2) is 23.6 Å². The Hall–Kier alpha value is -1.89. The second-order valence-corrected chi connectivity index (χ2v) is 5.35. The highest BCUT2D eigenvalue weighted by molar-refractivity contribution is 7.92. The lowest BCUT2D eigenvalue weighted by molar-refractivity contribution is 0.601. The number of anilines is 1. The molecule has 7 heteroatoms. The molecule has 1 aromatic carbocycles. The van der Waals surface area contributed by atoms with Gasteiger partial charge in [-0.3, -0.25) is 5.10 Å². The summed E-state index contributed by atoms with van der Waals surface area (Å²) in [6, 6.07) is 6.55. The molecule has 0 aliphatic carbocycles. The molecule has 2 N–H and O–H groups in total. The molecule has 0 aliphatic rings. The van der Waals surface area contributed by atoms with Crippen molar-refractivity contribution in [1.82, 2.24) is 15.2 Å². The Balaban J connectivity index is 2.28. The first kappa shape index (κ1) is 11.6. The SMILES string of the molecule is Cc1ccc(S(=O)(=O)Nc2n[nH]c(C)n2)cc1. The highest BCUT2D eigenvalue weighted by Gasteiger charge is 2.15. The quantitative estimate of drug-likeness (QED) is 0.859. The normalized spacial score (nSPS) is 11.4. The zero-order valence-corrected chi connectivity index (χ0v) is 10.2. The summed E-state index contributed by atoms with van der Waals surface area (Å²) in [6.07, 6.45) is 0. The van der Waals surface area contributed by atoms with Crippen molar-refractivity contribution in [2.45, 2.75) is 18.7 Å². The summed E-state index contributed by atoms with van der Waals surface area (Å²) in [5.74, 6) is 0.592. The summed E-state index contributed by atoms with van der Waals surface area (Å²) in [4.78, 5) is 4.07. The third-order valence-electron chi connectivity index (χ3n) is 2.15. The number of benzene rings is 1. The molecule has 2 aromatic rings. The average Bonchev–Trinajstić information content (AvgIpc) is 2.63. The van der Waals surface area contributed by atoms with Crippen molar-refractivity contribution in [1.29, 1.82) is 0 Å². The molecule has 1 aromatic heterocycles. The van der Waals surface area contributed by atoms with E-state index in [1.54, 1.807) is 19.1 Å². The number of nitrogens with zero attached hydrogens (tertiary/aromatic N) is 2. The lowest BCUT2D eigenvalue weighted by Gasteiger charge is -2.04. The molecule has 17 heavy (non-hydrogen) atoms. The predicted molar refractivity (Wildman–Crippen MR) is 63.1 cm³/mol. The van der Waals surface area contributed by atoms with Crippen molar-refractivity contribution in [2.75, 3.05) is 4.72 Å². The first-order valence-electron chi connectivity index (χ1n) is 4.96. The zero-order valence-electron chi connectivity index (χ0n) is 9.43. The summed E-state index contributed by atoms with van der Waals surface area (Å²) >= 11 is 0. The number of hydrogen-bond acceptors (Lipinski definition) is 4. The number of aromatic nitrogens is 3. The molecule has 2 rings (SSSR count). The lowest BCUT2D eigenvalue weighted by atomic mass is 10.2. The number of hydrogen-bond donors (Lipinski definition) is 2. The van der Waals surface area contributed by atoms with Gasteiger partial charge in [0.2, 0.25) is 0 Å². The van der Waals surface area contributed by atoms with Crippen LogP contribution in [0.4, 0.5) is 5.95 Å². The van der Waals surface area contributed by atoms with Crippen LogP contribution in [0.15, 0.2) is 29.2 Å². The van der Waals surface area contributed by atoms with Crippen LogP contribution in [0.25, 0.3) is 0 Å². The van der Waals surface area contributed by atoms with Crippen molar-refractivity contribution < 1.29 is 8.42 Å². The minimum absolute atomic E-state index is 0.0445. The van der Waals surface area contributed by atoms with Crippen molar-refractivity contribution in [3.8, 4) is 0 Å². The molecule has 0 amide bonds. The third-order valence-corrected chi connectivity index (χ3v) is 3.50. The molecule has 0 radical (unpaired) electrons. The molecule has 1 heterocycles.